The fraction of sp³-hybridized carbons (Fsp3) is 0.559. The SMILES string of the molecule is CCCCCCCCCCCCOc1ccc(OCC(COP(=O)(O)Oc2cccc(C[n+]3ccsc3)c2)OCCC)cc1. The highest BCUT2D eigenvalue weighted by Crippen LogP contribution is 2.44. The summed E-state index contributed by atoms with van der Waals surface area (Å²) in [6, 6.07) is 14.6. The van der Waals surface area contributed by atoms with Crippen LogP contribution in [0.5, 0.6) is 17.2 Å². The lowest BCUT2D eigenvalue weighted by Crippen LogP contribution is -2.30. The number of nitrogens with zero attached hydrogens (tertiary/aromatic N) is 1. The van der Waals surface area contributed by atoms with E-state index >= 15 is 0 Å². The van der Waals surface area contributed by atoms with Crippen molar-refractivity contribution in [3.8, 4) is 17.2 Å². The van der Waals surface area contributed by atoms with Crippen LogP contribution in [0.15, 0.2) is 65.6 Å². The van der Waals surface area contributed by atoms with Crippen LogP contribution < -0.4 is 18.6 Å². The molecule has 0 saturated carbocycles. The maximum absolute atomic E-state index is 12.7. The van der Waals surface area contributed by atoms with Gasteiger partial charge in [0.05, 0.1) is 18.6 Å². The second-order valence-electron chi connectivity index (χ2n) is 11.0. The summed E-state index contributed by atoms with van der Waals surface area (Å²) in [6.45, 7) is 6.07. The maximum atomic E-state index is 12.7. The first-order valence-electron chi connectivity index (χ1n) is 16.1. The van der Waals surface area contributed by atoms with E-state index in [2.05, 4.69) is 6.92 Å². The van der Waals surface area contributed by atoms with Crippen molar-refractivity contribution >= 4 is 19.2 Å². The fourth-order valence-corrected chi connectivity index (χ4v) is 6.02. The Balaban J connectivity index is 1.35. The van der Waals surface area contributed by atoms with Crippen molar-refractivity contribution in [3.63, 3.8) is 0 Å². The molecule has 10 heteroatoms. The third kappa shape index (κ3) is 15.5. The average Bonchev–Trinajstić information content (AvgIpc) is 3.53. The topological polar surface area (TPSA) is 87.3 Å². The molecule has 0 bridgehead atoms. The van der Waals surface area contributed by atoms with Crippen molar-refractivity contribution in [3.05, 3.63) is 71.2 Å². The molecule has 0 spiro atoms. The van der Waals surface area contributed by atoms with Crippen LogP contribution in [-0.4, -0.2) is 37.4 Å². The third-order valence-electron chi connectivity index (χ3n) is 7.02. The lowest BCUT2D eigenvalue weighted by atomic mass is 10.1. The zero-order valence-electron chi connectivity index (χ0n) is 26.4. The molecule has 2 unspecified atom stereocenters. The molecule has 0 radical (unpaired) electrons. The smallest absolute Gasteiger partial charge is 0.494 e. The highest BCUT2D eigenvalue weighted by molar-refractivity contribution is 7.47. The molecule has 0 amide bonds. The minimum absolute atomic E-state index is 0.154. The minimum atomic E-state index is -4.38. The quantitative estimate of drug-likeness (QED) is 0.0558. The van der Waals surface area contributed by atoms with Gasteiger partial charge in [0.25, 0.3) is 0 Å². The molecule has 8 nitrogen and oxygen atoms in total. The molecular formula is C34H51NO7PS+. The second-order valence-corrected chi connectivity index (χ2v) is 13.1. The number of hydrogen-bond acceptors (Lipinski definition) is 7. The van der Waals surface area contributed by atoms with E-state index in [9.17, 15) is 9.46 Å². The molecule has 244 valence electrons. The van der Waals surface area contributed by atoms with Gasteiger partial charge in [-0.1, -0.05) is 95.1 Å². The monoisotopic (exact) mass is 648 g/mol. The Labute approximate surface area is 267 Å². The summed E-state index contributed by atoms with van der Waals surface area (Å²) in [7, 11) is -4.38. The normalized spacial score (nSPS) is 13.3. The van der Waals surface area contributed by atoms with Crippen molar-refractivity contribution < 1.29 is 37.3 Å². The summed E-state index contributed by atoms with van der Waals surface area (Å²) in [5.41, 5.74) is 2.94. The summed E-state index contributed by atoms with van der Waals surface area (Å²) in [5.74, 6) is 1.73. The van der Waals surface area contributed by atoms with Gasteiger partial charge < -0.3 is 18.7 Å². The van der Waals surface area contributed by atoms with Crippen LogP contribution in [0.3, 0.4) is 0 Å². The molecule has 2 aromatic carbocycles. The van der Waals surface area contributed by atoms with E-state index in [1.165, 1.54) is 57.8 Å². The van der Waals surface area contributed by atoms with Crippen LogP contribution in [0.25, 0.3) is 0 Å². The van der Waals surface area contributed by atoms with Gasteiger partial charge in [0.1, 0.15) is 30.0 Å². The maximum Gasteiger partial charge on any atom is 0.527 e. The van der Waals surface area contributed by atoms with Crippen LogP contribution in [0.4, 0.5) is 0 Å². The van der Waals surface area contributed by atoms with Crippen LogP contribution in [0.2, 0.25) is 0 Å². The van der Waals surface area contributed by atoms with Crippen molar-refractivity contribution in [2.45, 2.75) is 97.1 Å². The lowest BCUT2D eigenvalue weighted by molar-refractivity contribution is -0.683. The number of thiazole rings is 1. The van der Waals surface area contributed by atoms with E-state index in [1.807, 2.05) is 58.9 Å². The molecule has 2 atom stereocenters. The predicted octanol–water partition coefficient (Wildman–Crippen LogP) is 8.75. The molecule has 44 heavy (non-hydrogen) atoms. The first-order chi connectivity index (χ1) is 21.5. The highest BCUT2D eigenvalue weighted by Gasteiger charge is 2.26. The molecule has 3 rings (SSSR count). The Morgan fingerprint density at radius 3 is 2.14 bits per heavy atom. The Hall–Kier alpha value is -2.42. The molecule has 0 saturated heterocycles. The number of phosphoric acid groups is 1. The van der Waals surface area contributed by atoms with Gasteiger partial charge in [-0.2, -0.15) is 4.57 Å². The predicted molar refractivity (Wildman–Crippen MR) is 176 cm³/mol. The standard InChI is InChI=1S/C34H50NO7PS/c1-3-5-6-7-8-9-10-11-12-13-23-39-31-17-19-32(20-18-31)40-27-34(38-22-4-2)28-41-43(36,37)42-33-16-14-15-30(25-33)26-35-21-24-44-29-35/h14-21,24-25,29,34H,3-13,22-23,26-28H2,1-2H3/p+1. The highest BCUT2D eigenvalue weighted by atomic mass is 32.1. The number of benzene rings is 2. The van der Waals surface area contributed by atoms with Gasteiger partial charge in [0, 0.05) is 12.2 Å². The van der Waals surface area contributed by atoms with E-state index in [4.69, 9.17) is 23.3 Å². The Bertz CT molecular complexity index is 1190. The Kier molecular flexibility index (Phi) is 17.5. The first-order valence-corrected chi connectivity index (χ1v) is 18.6. The van der Waals surface area contributed by atoms with Crippen molar-refractivity contribution in [2.24, 2.45) is 0 Å². The van der Waals surface area contributed by atoms with Gasteiger partial charge in [-0.15, -0.1) is 0 Å². The first kappa shape index (κ1) is 36.1. The minimum Gasteiger partial charge on any atom is -0.494 e. The molecule has 1 N–H and O–H groups in total. The van der Waals surface area contributed by atoms with E-state index in [0.29, 0.717) is 25.5 Å². The van der Waals surface area contributed by atoms with E-state index in [1.54, 1.807) is 29.5 Å². The summed E-state index contributed by atoms with van der Waals surface area (Å²) in [5, 5.41) is 1.99. The molecule has 1 heterocycles. The Morgan fingerprint density at radius 1 is 0.795 bits per heavy atom. The molecule has 0 aliphatic rings. The van der Waals surface area contributed by atoms with Crippen LogP contribution in [-0.2, 0) is 20.4 Å². The number of unbranched alkanes of at least 4 members (excludes halogenated alkanes) is 9. The zero-order chi connectivity index (χ0) is 31.3. The van der Waals surface area contributed by atoms with Gasteiger partial charge in [-0.25, -0.2) is 4.57 Å². The van der Waals surface area contributed by atoms with Gasteiger partial charge in [-0.3, -0.25) is 9.42 Å². The van der Waals surface area contributed by atoms with Crippen LogP contribution >= 0.6 is 19.2 Å². The number of hydrogen-bond donors (Lipinski definition) is 1. The van der Waals surface area contributed by atoms with Crippen molar-refractivity contribution in [1.29, 1.82) is 0 Å². The second kappa shape index (κ2) is 21.3. The van der Waals surface area contributed by atoms with Crippen molar-refractivity contribution in [2.75, 3.05) is 26.4 Å². The van der Waals surface area contributed by atoms with Gasteiger partial charge in [-0.05, 0) is 49.2 Å². The van der Waals surface area contributed by atoms with E-state index < -0.39 is 13.9 Å². The van der Waals surface area contributed by atoms with Gasteiger partial charge in [0.15, 0.2) is 12.7 Å². The molecular weight excluding hydrogens is 597 g/mol. The summed E-state index contributed by atoms with van der Waals surface area (Å²) in [6.07, 6.45) is 15.2. The summed E-state index contributed by atoms with van der Waals surface area (Å²) in [4.78, 5) is 10.4. The van der Waals surface area contributed by atoms with Gasteiger partial charge >= 0.3 is 7.82 Å². The summed E-state index contributed by atoms with van der Waals surface area (Å²) < 4.78 is 43.0. The molecule has 3 aromatic rings. The number of phosphoric ester groups is 1. The molecule has 1 aromatic heterocycles. The molecule has 0 aliphatic carbocycles. The van der Waals surface area contributed by atoms with E-state index in [-0.39, 0.29) is 19.0 Å². The van der Waals surface area contributed by atoms with Crippen molar-refractivity contribution in [1.82, 2.24) is 0 Å². The van der Waals surface area contributed by atoms with E-state index in [0.717, 1.165) is 24.2 Å². The lowest BCUT2D eigenvalue weighted by Gasteiger charge is -2.20. The number of aromatic nitrogens is 1. The molecule has 0 fully saturated rings. The molecule has 0 aliphatic heterocycles. The number of ether oxygens (including phenoxy) is 3. The van der Waals surface area contributed by atoms with Crippen LogP contribution in [0, 0.1) is 0 Å². The number of rotatable bonds is 25. The largest absolute Gasteiger partial charge is 0.527 e. The third-order valence-corrected chi connectivity index (χ3v) is 8.61. The fourth-order valence-electron chi connectivity index (χ4n) is 4.63. The Morgan fingerprint density at radius 2 is 1.48 bits per heavy atom. The average molecular weight is 649 g/mol. The zero-order valence-corrected chi connectivity index (χ0v) is 28.2. The summed E-state index contributed by atoms with van der Waals surface area (Å²) >= 11 is 1.60. The van der Waals surface area contributed by atoms with Gasteiger partial charge in [0.2, 0.25) is 5.51 Å². The van der Waals surface area contributed by atoms with Crippen LogP contribution in [0.1, 0.15) is 90.0 Å².